The molecule has 17 heavy (non-hydrogen) atoms. The Morgan fingerprint density at radius 3 is 2.59 bits per heavy atom. The minimum Gasteiger partial charge on any atom is -0.353 e. The Labute approximate surface area is 106 Å². The lowest BCUT2D eigenvalue weighted by Crippen LogP contribution is -2.44. The Balaban J connectivity index is 2.50. The van der Waals surface area contributed by atoms with Gasteiger partial charge in [0.2, 0.25) is 5.91 Å². The summed E-state index contributed by atoms with van der Waals surface area (Å²) in [5.41, 5.74) is 5.77. The zero-order valence-corrected chi connectivity index (χ0v) is 11.5. The van der Waals surface area contributed by atoms with E-state index in [0.717, 1.165) is 19.3 Å². The molecule has 1 aliphatic rings. The van der Waals surface area contributed by atoms with Crippen LogP contribution < -0.4 is 11.1 Å². The zero-order valence-electron chi connectivity index (χ0n) is 11.5. The van der Waals surface area contributed by atoms with E-state index >= 15 is 0 Å². The fraction of sp³-hybridized carbons (Fsp3) is 0.929. The highest BCUT2D eigenvalue weighted by atomic mass is 16.1. The summed E-state index contributed by atoms with van der Waals surface area (Å²) in [7, 11) is 0. The number of nitrogens with two attached hydrogens (primary N) is 1. The van der Waals surface area contributed by atoms with E-state index in [-0.39, 0.29) is 17.9 Å². The van der Waals surface area contributed by atoms with E-state index < -0.39 is 0 Å². The molecule has 1 aliphatic carbocycles. The first-order valence-corrected chi connectivity index (χ1v) is 7.10. The molecule has 0 spiro atoms. The van der Waals surface area contributed by atoms with E-state index in [1.807, 2.05) is 0 Å². The summed E-state index contributed by atoms with van der Waals surface area (Å²) < 4.78 is 0. The molecule has 3 N–H and O–H groups in total. The zero-order chi connectivity index (χ0) is 12.8. The van der Waals surface area contributed by atoms with Crippen molar-refractivity contribution in [1.82, 2.24) is 5.32 Å². The van der Waals surface area contributed by atoms with Crippen LogP contribution in [0.2, 0.25) is 0 Å². The number of rotatable bonds is 5. The number of hydrogen-bond donors (Lipinski definition) is 2. The maximum absolute atomic E-state index is 12.2. The molecule has 3 heteroatoms. The van der Waals surface area contributed by atoms with Crippen LogP contribution in [0.4, 0.5) is 0 Å². The summed E-state index contributed by atoms with van der Waals surface area (Å²) >= 11 is 0. The van der Waals surface area contributed by atoms with Crippen molar-refractivity contribution >= 4 is 5.91 Å². The molecule has 0 aromatic rings. The molecule has 0 radical (unpaired) electrons. The van der Waals surface area contributed by atoms with Crippen LogP contribution in [0.3, 0.4) is 0 Å². The molecule has 0 saturated heterocycles. The highest BCUT2D eigenvalue weighted by Crippen LogP contribution is 2.29. The minimum atomic E-state index is 0.153. The largest absolute Gasteiger partial charge is 0.353 e. The molecular weight excluding hydrogens is 212 g/mol. The van der Waals surface area contributed by atoms with Gasteiger partial charge in [-0.2, -0.15) is 0 Å². The molecule has 100 valence electrons. The lowest BCUT2D eigenvalue weighted by atomic mass is 9.78. The van der Waals surface area contributed by atoms with Gasteiger partial charge < -0.3 is 11.1 Å². The molecule has 0 bridgehead atoms. The maximum atomic E-state index is 12.2. The molecule has 0 aromatic heterocycles. The summed E-state index contributed by atoms with van der Waals surface area (Å²) in [5.74, 6) is 1.32. The summed E-state index contributed by atoms with van der Waals surface area (Å²) in [5, 5.41) is 3.17. The van der Waals surface area contributed by atoms with Crippen molar-refractivity contribution in [2.45, 2.75) is 58.9 Å². The fourth-order valence-electron chi connectivity index (χ4n) is 2.66. The smallest absolute Gasteiger partial charge is 0.223 e. The van der Waals surface area contributed by atoms with Crippen molar-refractivity contribution in [2.24, 2.45) is 23.5 Å². The lowest BCUT2D eigenvalue weighted by Gasteiger charge is -2.31. The van der Waals surface area contributed by atoms with Gasteiger partial charge >= 0.3 is 0 Å². The second-order valence-corrected chi connectivity index (χ2v) is 5.57. The predicted octanol–water partition coefficient (Wildman–Crippen LogP) is 2.30. The molecule has 0 heterocycles. The first-order chi connectivity index (χ1) is 8.10. The molecule has 0 aromatic carbocycles. The van der Waals surface area contributed by atoms with Crippen LogP contribution in [0.15, 0.2) is 0 Å². The van der Waals surface area contributed by atoms with E-state index in [0.29, 0.717) is 18.4 Å². The molecule has 0 aliphatic heterocycles. The monoisotopic (exact) mass is 240 g/mol. The third-order valence-corrected chi connectivity index (χ3v) is 4.42. The highest BCUT2D eigenvalue weighted by molar-refractivity contribution is 5.79. The molecule has 3 nitrogen and oxygen atoms in total. The van der Waals surface area contributed by atoms with Gasteiger partial charge in [0.15, 0.2) is 0 Å². The summed E-state index contributed by atoms with van der Waals surface area (Å²) in [6, 6.07) is 0.271. The molecule has 1 fully saturated rings. The number of carbonyl (C=O) groups is 1. The SMILES string of the molecule is CCC(C)C(C)NC(=O)C1CCCCC1CN. The molecule has 4 atom stereocenters. The average Bonchev–Trinajstić information content (AvgIpc) is 2.37. The molecular formula is C14H28N2O. The van der Waals surface area contributed by atoms with Gasteiger partial charge in [-0.1, -0.05) is 33.1 Å². The van der Waals surface area contributed by atoms with Crippen LogP contribution in [0.5, 0.6) is 0 Å². The Morgan fingerprint density at radius 2 is 2.00 bits per heavy atom. The quantitative estimate of drug-likeness (QED) is 0.774. The molecule has 4 unspecified atom stereocenters. The van der Waals surface area contributed by atoms with Crippen molar-refractivity contribution < 1.29 is 4.79 Å². The van der Waals surface area contributed by atoms with Crippen LogP contribution in [0.1, 0.15) is 52.9 Å². The van der Waals surface area contributed by atoms with Gasteiger partial charge in [0.25, 0.3) is 0 Å². The van der Waals surface area contributed by atoms with Gasteiger partial charge in [0.05, 0.1) is 0 Å². The van der Waals surface area contributed by atoms with Crippen LogP contribution in [-0.4, -0.2) is 18.5 Å². The van der Waals surface area contributed by atoms with Crippen LogP contribution in [-0.2, 0) is 4.79 Å². The second-order valence-electron chi connectivity index (χ2n) is 5.57. The summed E-state index contributed by atoms with van der Waals surface area (Å²) in [6.45, 7) is 7.10. The van der Waals surface area contributed by atoms with Gasteiger partial charge in [0.1, 0.15) is 0 Å². The first kappa shape index (κ1) is 14.5. The fourth-order valence-corrected chi connectivity index (χ4v) is 2.66. The topological polar surface area (TPSA) is 55.1 Å². The van der Waals surface area contributed by atoms with Crippen LogP contribution in [0, 0.1) is 17.8 Å². The van der Waals surface area contributed by atoms with Crippen molar-refractivity contribution in [3.63, 3.8) is 0 Å². The lowest BCUT2D eigenvalue weighted by molar-refractivity contribution is -0.128. The van der Waals surface area contributed by atoms with E-state index in [1.54, 1.807) is 0 Å². The van der Waals surface area contributed by atoms with Crippen molar-refractivity contribution in [2.75, 3.05) is 6.54 Å². The van der Waals surface area contributed by atoms with Crippen LogP contribution in [0.25, 0.3) is 0 Å². The summed E-state index contributed by atoms with van der Waals surface area (Å²) in [4.78, 5) is 12.2. The van der Waals surface area contributed by atoms with Gasteiger partial charge in [-0.05, 0) is 38.1 Å². The standard InChI is InChI=1S/C14H28N2O/c1-4-10(2)11(3)16-14(17)13-8-6-5-7-12(13)9-15/h10-13H,4-9,15H2,1-3H3,(H,16,17). The Kier molecular flexibility index (Phi) is 5.96. The predicted molar refractivity (Wildman–Crippen MR) is 71.6 cm³/mol. The van der Waals surface area contributed by atoms with Crippen molar-refractivity contribution in [3.05, 3.63) is 0 Å². The number of amides is 1. The molecule has 1 rings (SSSR count). The minimum absolute atomic E-state index is 0.153. The Hall–Kier alpha value is -0.570. The van der Waals surface area contributed by atoms with Gasteiger partial charge in [0, 0.05) is 12.0 Å². The van der Waals surface area contributed by atoms with Crippen molar-refractivity contribution in [3.8, 4) is 0 Å². The second kappa shape index (κ2) is 7.00. The normalized spacial score (nSPS) is 28.5. The number of carbonyl (C=O) groups excluding carboxylic acids is 1. The molecule has 1 amide bonds. The maximum Gasteiger partial charge on any atom is 0.223 e. The third kappa shape index (κ3) is 3.98. The third-order valence-electron chi connectivity index (χ3n) is 4.42. The Morgan fingerprint density at radius 1 is 1.35 bits per heavy atom. The van der Waals surface area contributed by atoms with E-state index in [2.05, 4.69) is 26.1 Å². The van der Waals surface area contributed by atoms with Crippen molar-refractivity contribution in [1.29, 1.82) is 0 Å². The van der Waals surface area contributed by atoms with E-state index in [4.69, 9.17) is 5.73 Å². The van der Waals surface area contributed by atoms with Gasteiger partial charge in [-0.3, -0.25) is 4.79 Å². The van der Waals surface area contributed by atoms with Gasteiger partial charge in [-0.25, -0.2) is 0 Å². The van der Waals surface area contributed by atoms with Crippen LogP contribution >= 0.6 is 0 Å². The number of hydrogen-bond acceptors (Lipinski definition) is 2. The van der Waals surface area contributed by atoms with E-state index in [9.17, 15) is 4.79 Å². The summed E-state index contributed by atoms with van der Waals surface area (Å²) in [6.07, 6.45) is 5.64. The van der Waals surface area contributed by atoms with Gasteiger partial charge in [-0.15, -0.1) is 0 Å². The number of nitrogens with one attached hydrogen (secondary N) is 1. The van der Waals surface area contributed by atoms with E-state index in [1.165, 1.54) is 12.8 Å². The Bertz CT molecular complexity index is 242. The molecule has 1 saturated carbocycles. The average molecular weight is 240 g/mol. The highest BCUT2D eigenvalue weighted by Gasteiger charge is 2.30. The first-order valence-electron chi connectivity index (χ1n) is 7.10.